The van der Waals surface area contributed by atoms with Crippen LogP contribution in [0.2, 0.25) is 0 Å². The topological polar surface area (TPSA) is 147 Å². The average molecular weight is 332 g/mol. The fraction of sp³-hybridized carbons (Fsp3) is 0.500. The van der Waals surface area contributed by atoms with Crippen LogP contribution in [0.5, 0.6) is 5.88 Å². The third-order valence-electron chi connectivity index (χ3n) is 3.23. The summed E-state index contributed by atoms with van der Waals surface area (Å²) in [6, 6.07) is 0. The molecule has 114 valence electrons. The Kier molecular flexibility index (Phi) is 3.55. The fourth-order valence-corrected chi connectivity index (χ4v) is 3.51. The van der Waals surface area contributed by atoms with E-state index in [0.717, 1.165) is 11.3 Å². The van der Waals surface area contributed by atoms with Crippen molar-refractivity contribution in [2.45, 2.75) is 24.5 Å². The number of aromatic nitrogens is 3. The van der Waals surface area contributed by atoms with Crippen LogP contribution in [0.4, 0.5) is 5.95 Å². The zero-order valence-electron chi connectivity index (χ0n) is 10.4. The molecule has 4 atom stereocenters. The van der Waals surface area contributed by atoms with E-state index in [2.05, 4.69) is 9.97 Å². The number of nitrogen functional groups attached to an aromatic ring is 1. The lowest BCUT2D eigenvalue weighted by Crippen LogP contribution is -2.33. The SMILES string of the molecule is Nc1nc(O)c2sc(=S)n([C@@H]3O[C@H](CO)[C@@H](O)[C@H]3O)c2n1. The van der Waals surface area contributed by atoms with Gasteiger partial charge in [0.05, 0.1) is 6.61 Å². The zero-order chi connectivity index (χ0) is 15.3. The van der Waals surface area contributed by atoms with E-state index in [0.29, 0.717) is 4.70 Å². The average Bonchev–Trinajstić information content (AvgIpc) is 2.89. The molecule has 3 heterocycles. The molecule has 2 aromatic heterocycles. The van der Waals surface area contributed by atoms with Gasteiger partial charge in [0.1, 0.15) is 23.0 Å². The third-order valence-corrected chi connectivity index (χ3v) is 4.62. The molecule has 6 N–H and O–H groups in total. The van der Waals surface area contributed by atoms with E-state index < -0.39 is 31.1 Å². The summed E-state index contributed by atoms with van der Waals surface area (Å²) < 4.78 is 7.32. The Morgan fingerprint density at radius 2 is 2.05 bits per heavy atom. The quantitative estimate of drug-likeness (QED) is 0.442. The maximum absolute atomic E-state index is 10.1. The molecule has 0 aliphatic carbocycles. The molecule has 11 heteroatoms. The summed E-state index contributed by atoms with van der Waals surface area (Å²) in [6.07, 6.45) is -4.53. The number of fused-ring (bicyclic) bond motifs is 1. The van der Waals surface area contributed by atoms with Gasteiger partial charge in [-0.05, 0) is 12.2 Å². The van der Waals surface area contributed by atoms with E-state index >= 15 is 0 Å². The van der Waals surface area contributed by atoms with Crippen molar-refractivity contribution < 1.29 is 25.2 Å². The Morgan fingerprint density at radius 1 is 1.33 bits per heavy atom. The first-order valence-corrected chi connectivity index (χ1v) is 7.16. The lowest BCUT2D eigenvalue weighted by molar-refractivity contribution is -0.0511. The first-order chi connectivity index (χ1) is 9.93. The standard InChI is InChI=1S/C10H12N4O5S2/c11-9-12-6-5(7(18)13-9)21-10(20)14(6)8-4(17)3(16)2(1-15)19-8/h2-4,8,15-17H,1H2,(H3,11,12,13,18)/t2-,3-,4-,8-/m1/s1. The molecule has 0 bridgehead atoms. The van der Waals surface area contributed by atoms with Crippen molar-refractivity contribution in [1.29, 1.82) is 0 Å². The van der Waals surface area contributed by atoms with E-state index in [1.54, 1.807) is 0 Å². The first-order valence-electron chi connectivity index (χ1n) is 5.94. The zero-order valence-corrected chi connectivity index (χ0v) is 12.1. The number of hydrogen-bond donors (Lipinski definition) is 5. The number of nitrogens with two attached hydrogens (primary N) is 1. The Bertz CT molecular complexity index is 747. The van der Waals surface area contributed by atoms with Gasteiger partial charge < -0.3 is 30.9 Å². The number of rotatable bonds is 2. The van der Waals surface area contributed by atoms with Gasteiger partial charge in [0.2, 0.25) is 11.8 Å². The number of hydrogen-bond acceptors (Lipinski definition) is 10. The van der Waals surface area contributed by atoms with Crippen molar-refractivity contribution in [2.24, 2.45) is 0 Å². The largest absolute Gasteiger partial charge is 0.492 e. The van der Waals surface area contributed by atoms with E-state index in [9.17, 15) is 15.3 Å². The van der Waals surface area contributed by atoms with Gasteiger partial charge >= 0.3 is 0 Å². The van der Waals surface area contributed by atoms with Crippen molar-refractivity contribution in [3.63, 3.8) is 0 Å². The Balaban J connectivity index is 2.17. The van der Waals surface area contributed by atoms with Crippen molar-refractivity contribution in [3.8, 4) is 5.88 Å². The summed E-state index contributed by atoms with van der Waals surface area (Å²) in [5.41, 5.74) is 5.70. The number of thiazole rings is 1. The van der Waals surface area contributed by atoms with Crippen molar-refractivity contribution in [2.75, 3.05) is 12.3 Å². The molecule has 2 aromatic rings. The van der Waals surface area contributed by atoms with Crippen molar-refractivity contribution in [1.82, 2.24) is 14.5 Å². The van der Waals surface area contributed by atoms with Gasteiger partial charge in [0, 0.05) is 0 Å². The van der Waals surface area contributed by atoms with Gasteiger partial charge in [-0.3, -0.25) is 4.57 Å². The first kappa shape index (κ1) is 14.6. The van der Waals surface area contributed by atoms with Crippen LogP contribution >= 0.6 is 23.6 Å². The van der Waals surface area contributed by atoms with Gasteiger partial charge in [0.25, 0.3) is 0 Å². The number of nitrogens with zero attached hydrogens (tertiary/aromatic N) is 3. The second-order valence-electron chi connectivity index (χ2n) is 4.52. The molecule has 9 nitrogen and oxygen atoms in total. The van der Waals surface area contributed by atoms with Crippen LogP contribution in [-0.4, -0.2) is 59.9 Å². The summed E-state index contributed by atoms with van der Waals surface area (Å²) in [5, 5.41) is 38.8. The monoisotopic (exact) mass is 332 g/mol. The van der Waals surface area contributed by atoms with Crippen LogP contribution in [0, 0.1) is 3.95 Å². The molecule has 1 aliphatic heterocycles. The highest BCUT2D eigenvalue weighted by Crippen LogP contribution is 2.36. The molecule has 0 spiro atoms. The molecular weight excluding hydrogens is 320 g/mol. The Labute approximate surface area is 126 Å². The van der Waals surface area contributed by atoms with E-state index in [1.165, 1.54) is 4.57 Å². The number of aromatic hydroxyl groups is 1. The van der Waals surface area contributed by atoms with E-state index in [-0.39, 0.29) is 21.4 Å². The van der Waals surface area contributed by atoms with Crippen LogP contribution in [-0.2, 0) is 4.74 Å². The minimum absolute atomic E-state index is 0.159. The van der Waals surface area contributed by atoms with Gasteiger partial charge in [-0.25, -0.2) is 0 Å². The van der Waals surface area contributed by atoms with Crippen LogP contribution < -0.4 is 5.73 Å². The lowest BCUT2D eigenvalue weighted by atomic mass is 10.1. The van der Waals surface area contributed by atoms with Crippen LogP contribution in [0.15, 0.2) is 0 Å². The summed E-state index contributed by atoms with van der Waals surface area (Å²) in [4.78, 5) is 7.62. The predicted molar refractivity (Wildman–Crippen MR) is 75.3 cm³/mol. The molecular formula is C10H12N4O5S2. The van der Waals surface area contributed by atoms with Crippen molar-refractivity contribution >= 4 is 39.9 Å². The normalized spacial score (nSPS) is 29.3. The van der Waals surface area contributed by atoms with Crippen LogP contribution in [0.25, 0.3) is 10.3 Å². The van der Waals surface area contributed by atoms with Gasteiger partial charge in [-0.15, -0.1) is 0 Å². The number of anilines is 1. The van der Waals surface area contributed by atoms with E-state index in [4.69, 9.17) is 27.8 Å². The second kappa shape index (κ2) is 5.12. The molecule has 3 rings (SSSR count). The van der Waals surface area contributed by atoms with Crippen LogP contribution in [0.1, 0.15) is 6.23 Å². The molecule has 0 radical (unpaired) electrons. The highest BCUT2D eigenvalue weighted by atomic mass is 32.1. The molecule has 0 unspecified atom stereocenters. The van der Waals surface area contributed by atoms with Crippen molar-refractivity contribution in [3.05, 3.63) is 3.95 Å². The Morgan fingerprint density at radius 3 is 2.67 bits per heavy atom. The molecule has 0 saturated carbocycles. The maximum atomic E-state index is 10.1. The highest BCUT2D eigenvalue weighted by Gasteiger charge is 2.44. The van der Waals surface area contributed by atoms with Crippen LogP contribution in [0.3, 0.4) is 0 Å². The third kappa shape index (κ3) is 2.18. The smallest absolute Gasteiger partial charge is 0.235 e. The molecule has 1 saturated heterocycles. The molecule has 21 heavy (non-hydrogen) atoms. The van der Waals surface area contributed by atoms with Gasteiger partial charge in [0.15, 0.2) is 15.8 Å². The summed E-state index contributed by atoms with van der Waals surface area (Å²) in [6.45, 7) is -0.452. The van der Waals surface area contributed by atoms with Gasteiger partial charge in [-0.1, -0.05) is 11.3 Å². The molecule has 0 aromatic carbocycles. The second-order valence-corrected chi connectivity index (χ2v) is 6.17. The predicted octanol–water partition coefficient (Wildman–Crippen LogP) is -0.878. The maximum Gasteiger partial charge on any atom is 0.235 e. The molecule has 1 fully saturated rings. The molecule has 0 amide bonds. The molecule has 1 aliphatic rings. The number of ether oxygens (including phenoxy) is 1. The fourth-order valence-electron chi connectivity index (χ4n) is 2.24. The summed E-state index contributed by atoms with van der Waals surface area (Å²) in [5.74, 6) is -0.479. The van der Waals surface area contributed by atoms with Gasteiger partial charge in [-0.2, -0.15) is 9.97 Å². The Hall–Kier alpha value is -1.37. The lowest BCUT2D eigenvalue weighted by Gasteiger charge is -2.16. The highest BCUT2D eigenvalue weighted by molar-refractivity contribution is 7.73. The number of aliphatic hydroxyl groups excluding tert-OH is 3. The minimum Gasteiger partial charge on any atom is -0.492 e. The van der Waals surface area contributed by atoms with E-state index in [1.807, 2.05) is 0 Å². The summed E-state index contributed by atoms with van der Waals surface area (Å²) in [7, 11) is 0. The summed E-state index contributed by atoms with van der Waals surface area (Å²) >= 11 is 6.21. The minimum atomic E-state index is -1.30. The number of aliphatic hydroxyl groups is 3.